The van der Waals surface area contributed by atoms with Crippen LogP contribution in [-0.4, -0.2) is 0 Å². The summed E-state index contributed by atoms with van der Waals surface area (Å²) >= 11 is 4.40. The van der Waals surface area contributed by atoms with E-state index in [1.54, 1.807) is 0 Å². The fraction of sp³-hybridized carbons (Fsp3) is 0.455. The summed E-state index contributed by atoms with van der Waals surface area (Å²) in [6, 6.07) is 8.32. The van der Waals surface area contributed by atoms with E-state index in [-0.39, 0.29) is 0 Å². The van der Waals surface area contributed by atoms with E-state index in [9.17, 15) is 0 Å². The molecular weight excluding hydrogens is 164 g/mol. The maximum absolute atomic E-state index is 4.40. The Bertz CT molecular complexity index is 241. The summed E-state index contributed by atoms with van der Waals surface area (Å²) in [5.41, 5.74) is 1.37. The molecule has 1 rings (SSSR count). The summed E-state index contributed by atoms with van der Waals surface area (Å²) in [4.78, 5) is 1.12. The molecule has 1 aromatic rings. The van der Waals surface area contributed by atoms with Crippen LogP contribution in [0, 0.1) is 5.92 Å². The van der Waals surface area contributed by atoms with Crippen molar-refractivity contribution in [3.8, 4) is 0 Å². The van der Waals surface area contributed by atoms with E-state index in [0.29, 0.717) is 0 Å². The van der Waals surface area contributed by atoms with Gasteiger partial charge in [0.25, 0.3) is 0 Å². The molecule has 0 aliphatic heterocycles. The number of thiol groups is 1. The maximum Gasteiger partial charge on any atom is 0.00720 e. The molecule has 0 nitrogen and oxygen atoms in total. The standard InChI is InChI=1S/C11H16S/c1-9(2)7-8-10-5-3-4-6-11(10)12/h3-6,9,12H,7-8H2,1-2H3. The molecule has 1 aromatic carbocycles. The Morgan fingerprint density at radius 1 is 1.25 bits per heavy atom. The minimum atomic E-state index is 0.776. The average molecular weight is 180 g/mol. The fourth-order valence-electron chi connectivity index (χ4n) is 1.17. The van der Waals surface area contributed by atoms with Crippen molar-refractivity contribution in [1.29, 1.82) is 0 Å². The van der Waals surface area contributed by atoms with E-state index in [1.165, 1.54) is 12.0 Å². The molecule has 0 fully saturated rings. The second-order valence-corrected chi connectivity index (χ2v) is 4.04. The number of hydrogen-bond donors (Lipinski definition) is 1. The van der Waals surface area contributed by atoms with Crippen LogP contribution in [0.15, 0.2) is 29.2 Å². The van der Waals surface area contributed by atoms with Gasteiger partial charge in [-0.25, -0.2) is 0 Å². The fourth-order valence-corrected chi connectivity index (χ4v) is 1.44. The predicted octanol–water partition coefficient (Wildman–Crippen LogP) is 3.56. The van der Waals surface area contributed by atoms with Crippen LogP contribution in [0.2, 0.25) is 0 Å². The van der Waals surface area contributed by atoms with E-state index in [0.717, 1.165) is 17.2 Å². The van der Waals surface area contributed by atoms with E-state index in [1.807, 2.05) is 6.07 Å². The molecule has 0 unspecified atom stereocenters. The van der Waals surface area contributed by atoms with Crippen LogP contribution in [0.1, 0.15) is 25.8 Å². The van der Waals surface area contributed by atoms with Crippen LogP contribution < -0.4 is 0 Å². The first kappa shape index (κ1) is 9.66. The molecule has 0 atom stereocenters. The van der Waals surface area contributed by atoms with Crippen molar-refractivity contribution in [3.63, 3.8) is 0 Å². The highest BCUT2D eigenvalue weighted by Gasteiger charge is 1.99. The Morgan fingerprint density at radius 3 is 2.50 bits per heavy atom. The number of benzene rings is 1. The van der Waals surface area contributed by atoms with Crippen LogP contribution >= 0.6 is 12.6 Å². The number of rotatable bonds is 3. The van der Waals surface area contributed by atoms with Crippen molar-refractivity contribution in [1.82, 2.24) is 0 Å². The summed E-state index contributed by atoms with van der Waals surface area (Å²) in [6.45, 7) is 4.50. The Morgan fingerprint density at radius 2 is 1.92 bits per heavy atom. The van der Waals surface area contributed by atoms with Crippen LogP contribution in [0.3, 0.4) is 0 Å². The first-order chi connectivity index (χ1) is 5.70. The molecule has 0 N–H and O–H groups in total. The highest BCUT2D eigenvalue weighted by molar-refractivity contribution is 7.80. The van der Waals surface area contributed by atoms with Gasteiger partial charge >= 0.3 is 0 Å². The third-order valence-electron chi connectivity index (χ3n) is 1.98. The Labute approximate surface area is 80.4 Å². The van der Waals surface area contributed by atoms with E-state index in [2.05, 4.69) is 44.7 Å². The largest absolute Gasteiger partial charge is 0.143 e. The topological polar surface area (TPSA) is 0 Å². The van der Waals surface area contributed by atoms with Gasteiger partial charge in [0.05, 0.1) is 0 Å². The highest BCUT2D eigenvalue weighted by atomic mass is 32.1. The van der Waals surface area contributed by atoms with Crippen molar-refractivity contribution in [2.45, 2.75) is 31.6 Å². The molecular formula is C11H16S. The van der Waals surface area contributed by atoms with Crippen LogP contribution in [0.5, 0.6) is 0 Å². The zero-order valence-corrected chi connectivity index (χ0v) is 8.64. The lowest BCUT2D eigenvalue weighted by atomic mass is 10.0. The molecule has 0 aliphatic rings. The van der Waals surface area contributed by atoms with Gasteiger partial charge in [0.2, 0.25) is 0 Å². The van der Waals surface area contributed by atoms with Gasteiger partial charge in [0, 0.05) is 4.90 Å². The van der Waals surface area contributed by atoms with Gasteiger partial charge < -0.3 is 0 Å². The van der Waals surface area contributed by atoms with Gasteiger partial charge in [-0.1, -0.05) is 32.0 Å². The summed E-state index contributed by atoms with van der Waals surface area (Å²) in [5.74, 6) is 0.776. The van der Waals surface area contributed by atoms with Crippen molar-refractivity contribution >= 4 is 12.6 Å². The molecule has 0 radical (unpaired) electrons. The van der Waals surface area contributed by atoms with Crippen molar-refractivity contribution < 1.29 is 0 Å². The van der Waals surface area contributed by atoms with Gasteiger partial charge in [-0.3, -0.25) is 0 Å². The SMILES string of the molecule is CC(C)CCc1ccccc1S. The highest BCUT2D eigenvalue weighted by Crippen LogP contribution is 2.16. The second kappa shape index (κ2) is 4.56. The number of aryl methyl sites for hydroxylation is 1. The third kappa shape index (κ3) is 2.90. The van der Waals surface area contributed by atoms with Crippen molar-refractivity contribution in [2.24, 2.45) is 5.92 Å². The summed E-state index contributed by atoms with van der Waals surface area (Å²) in [6.07, 6.45) is 2.40. The summed E-state index contributed by atoms with van der Waals surface area (Å²) in [7, 11) is 0. The Hall–Kier alpha value is -0.430. The van der Waals surface area contributed by atoms with E-state index >= 15 is 0 Å². The lowest BCUT2D eigenvalue weighted by Gasteiger charge is -2.06. The van der Waals surface area contributed by atoms with Gasteiger partial charge in [-0.2, -0.15) is 0 Å². The molecule has 1 heteroatoms. The lowest BCUT2D eigenvalue weighted by Crippen LogP contribution is -1.92. The van der Waals surface area contributed by atoms with Crippen LogP contribution in [0.4, 0.5) is 0 Å². The zero-order chi connectivity index (χ0) is 8.97. The molecule has 66 valence electrons. The number of hydrogen-bond acceptors (Lipinski definition) is 1. The Balaban J connectivity index is 2.57. The molecule has 0 bridgehead atoms. The smallest absolute Gasteiger partial charge is 0.00720 e. The molecule has 0 aromatic heterocycles. The van der Waals surface area contributed by atoms with Gasteiger partial charge in [0.15, 0.2) is 0 Å². The van der Waals surface area contributed by atoms with Crippen molar-refractivity contribution in [2.75, 3.05) is 0 Å². The second-order valence-electron chi connectivity index (χ2n) is 3.56. The van der Waals surface area contributed by atoms with Crippen LogP contribution in [0.25, 0.3) is 0 Å². The minimum Gasteiger partial charge on any atom is -0.143 e. The van der Waals surface area contributed by atoms with Crippen LogP contribution in [-0.2, 0) is 6.42 Å². The summed E-state index contributed by atoms with van der Waals surface area (Å²) in [5, 5.41) is 0. The minimum absolute atomic E-state index is 0.776. The molecule has 0 spiro atoms. The predicted molar refractivity (Wildman–Crippen MR) is 56.9 cm³/mol. The van der Waals surface area contributed by atoms with Crippen molar-refractivity contribution in [3.05, 3.63) is 29.8 Å². The first-order valence-electron chi connectivity index (χ1n) is 4.47. The average Bonchev–Trinajstić information content (AvgIpc) is 2.03. The maximum atomic E-state index is 4.40. The van der Waals surface area contributed by atoms with E-state index < -0.39 is 0 Å². The molecule has 0 amide bonds. The summed E-state index contributed by atoms with van der Waals surface area (Å²) < 4.78 is 0. The molecule has 12 heavy (non-hydrogen) atoms. The van der Waals surface area contributed by atoms with E-state index in [4.69, 9.17) is 0 Å². The third-order valence-corrected chi connectivity index (χ3v) is 2.42. The monoisotopic (exact) mass is 180 g/mol. The molecule has 0 heterocycles. The lowest BCUT2D eigenvalue weighted by molar-refractivity contribution is 0.584. The van der Waals surface area contributed by atoms with Gasteiger partial charge in [-0.15, -0.1) is 12.6 Å². The molecule has 0 saturated carbocycles. The quantitative estimate of drug-likeness (QED) is 0.675. The van der Waals surface area contributed by atoms with Gasteiger partial charge in [0.1, 0.15) is 0 Å². The molecule has 0 aliphatic carbocycles. The zero-order valence-electron chi connectivity index (χ0n) is 7.75. The first-order valence-corrected chi connectivity index (χ1v) is 4.91. The van der Waals surface area contributed by atoms with Gasteiger partial charge in [-0.05, 0) is 30.4 Å². The Kier molecular flexibility index (Phi) is 3.67. The normalized spacial score (nSPS) is 10.7. The molecule has 0 saturated heterocycles.